The maximum Gasteiger partial charge on any atom is 0.164 e. The molecule has 6 heteroatoms. The average Bonchev–Trinajstić information content (AvgIpc) is 3.05. The van der Waals surface area contributed by atoms with Gasteiger partial charge >= 0.3 is 0 Å². The van der Waals surface area contributed by atoms with E-state index in [1.165, 1.54) is 0 Å². The standard InChI is InChI=1S/C18H18ClN3O2/c1-23-15-8-7-11(9-16(15)24-2)13-10-20-22-17(19)12-5-3-4-6-14(12)21-18(13)22/h7-10H,3-6H2,1-2H3. The Kier molecular flexibility index (Phi) is 3.81. The van der Waals surface area contributed by atoms with Gasteiger partial charge in [-0.05, 0) is 43.4 Å². The van der Waals surface area contributed by atoms with E-state index >= 15 is 0 Å². The normalized spacial score (nSPS) is 13.8. The fourth-order valence-corrected chi connectivity index (χ4v) is 3.62. The summed E-state index contributed by atoms with van der Waals surface area (Å²) in [5.74, 6) is 1.37. The van der Waals surface area contributed by atoms with Gasteiger partial charge < -0.3 is 9.47 Å². The fraction of sp³-hybridized carbons (Fsp3) is 0.333. The molecular formula is C18H18ClN3O2. The molecule has 3 aromatic rings. The van der Waals surface area contributed by atoms with E-state index in [1.807, 2.05) is 18.2 Å². The zero-order valence-corrected chi connectivity index (χ0v) is 14.4. The predicted molar refractivity (Wildman–Crippen MR) is 93.2 cm³/mol. The molecule has 0 atom stereocenters. The van der Waals surface area contributed by atoms with Gasteiger partial charge in [0.25, 0.3) is 0 Å². The lowest BCUT2D eigenvalue weighted by atomic mass is 9.97. The fourth-order valence-electron chi connectivity index (χ4n) is 3.29. The molecule has 1 aromatic carbocycles. The van der Waals surface area contributed by atoms with E-state index in [1.54, 1.807) is 24.9 Å². The molecule has 0 bridgehead atoms. The summed E-state index contributed by atoms with van der Waals surface area (Å²) in [7, 11) is 3.25. The molecule has 0 fully saturated rings. The molecule has 24 heavy (non-hydrogen) atoms. The minimum atomic E-state index is 0.679. The molecule has 2 heterocycles. The molecule has 1 aliphatic carbocycles. The highest BCUT2D eigenvalue weighted by Gasteiger charge is 2.20. The lowest BCUT2D eigenvalue weighted by Crippen LogP contribution is -2.10. The summed E-state index contributed by atoms with van der Waals surface area (Å²) in [6, 6.07) is 5.80. The number of ether oxygens (including phenoxy) is 2. The maximum atomic E-state index is 6.58. The Bertz CT molecular complexity index is 920. The van der Waals surface area contributed by atoms with Crippen LogP contribution in [0, 0.1) is 0 Å². The first-order valence-corrected chi connectivity index (χ1v) is 8.38. The van der Waals surface area contributed by atoms with Gasteiger partial charge in [0.2, 0.25) is 0 Å². The van der Waals surface area contributed by atoms with Gasteiger partial charge in [0.05, 0.1) is 20.4 Å². The molecule has 0 aliphatic heterocycles. The van der Waals surface area contributed by atoms with Crippen molar-refractivity contribution < 1.29 is 9.47 Å². The Balaban J connectivity index is 1.90. The molecule has 0 saturated carbocycles. The molecule has 1 aliphatic rings. The monoisotopic (exact) mass is 343 g/mol. The van der Waals surface area contributed by atoms with Crippen LogP contribution >= 0.6 is 11.6 Å². The summed E-state index contributed by atoms with van der Waals surface area (Å²) in [4.78, 5) is 4.85. The predicted octanol–water partition coefficient (Wildman–Crippen LogP) is 3.95. The summed E-state index contributed by atoms with van der Waals surface area (Å²) in [5, 5.41) is 5.13. The Hall–Kier alpha value is -2.27. The first kappa shape index (κ1) is 15.3. The highest BCUT2D eigenvalue weighted by atomic mass is 35.5. The summed E-state index contributed by atoms with van der Waals surface area (Å²) in [5.41, 5.74) is 4.93. The van der Waals surface area contributed by atoms with Crippen LogP contribution in [0.25, 0.3) is 16.8 Å². The number of hydrogen-bond acceptors (Lipinski definition) is 4. The van der Waals surface area contributed by atoms with Crippen molar-refractivity contribution in [3.05, 3.63) is 40.8 Å². The number of benzene rings is 1. The van der Waals surface area contributed by atoms with Gasteiger partial charge in [0, 0.05) is 16.8 Å². The summed E-state index contributed by atoms with van der Waals surface area (Å²) in [6.07, 6.45) is 6.07. The van der Waals surface area contributed by atoms with Crippen LogP contribution in [0.3, 0.4) is 0 Å². The number of nitrogens with zero attached hydrogens (tertiary/aromatic N) is 3. The third-order valence-electron chi connectivity index (χ3n) is 4.55. The molecule has 0 saturated heterocycles. The smallest absolute Gasteiger partial charge is 0.164 e. The quantitative estimate of drug-likeness (QED) is 0.676. The van der Waals surface area contributed by atoms with Gasteiger partial charge in [-0.25, -0.2) is 9.50 Å². The van der Waals surface area contributed by atoms with E-state index in [9.17, 15) is 0 Å². The van der Waals surface area contributed by atoms with Gasteiger partial charge in [-0.3, -0.25) is 0 Å². The first-order valence-electron chi connectivity index (χ1n) is 8.00. The number of aryl methyl sites for hydroxylation is 1. The molecule has 0 amide bonds. The molecule has 5 nitrogen and oxygen atoms in total. The molecular weight excluding hydrogens is 326 g/mol. The Labute approximate surface area is 145 Å². The van der Waals surface area contributed by atoms with Crippen molar-refractivity contribution in [3.63, 3.8) is 0 Å². The summed E-state index contributed by atoms with van der Waals surface area (Å²) >= 11 is 6.58. The molecule has 0 N–H and O–H groups in total. The summed E-state index contributed by atoms with van der Waals surface area (Å²) < 4.78 is 12.4. The van der Waals surface area contributed by atoms with Crippen molar-refractivity contribution in [3.8, 4) is 22.6 Å². The Morgan fingerprint density at radius 2 is 1.88 bits per heavy atom. The zero-order chi connectivity index (χ0) is 16.7. The lowest BCUT2D eigenvalue weighted by molar-refractivity contribution is 0.355. The van der Waals surface area contributed by atoms with Crippen molar-refractivity contribution >= 4 is 17.2 Å². The zero-order valence-electron chi connectivity index (χ0n) is 13.7. The molecule has 0 spiro atoms. The number of aromatic nitrogens is 3. The molecule has 0 radical (unpaired) electrons. The first-order chi connectivity index (χ1) is 11.7. The van der Waals surface area contributed by atoms with Crippen molar-refractivity contribution in [2.75, 3.05) is 14.2 Å². The van der Waals surface area contributed by atoms with Crippen LogP contribution in [0.5, 0.6) is 11.5 Å². The minimum Gasteiger partial charge on any atom is -0.493 e. The van der Waals surface area contributed by atoms with Crippen LogP contribution in [0.2, 0.25) is 5.15 Å². The van der Waals surface area contributed by atoms with Crippen molar-refractivity contribution in [1.82, 2.24) is 14.6 Å². The number of rotatable bonds is 3. The second-order valence-electron chi connectivity index (χ2n) is 5.90. The van der Waals surface area contributed by atoms with Crippen LogP contribution in [-0.2, 0) is 12.8 Å². The topological polar surface area (TPSA) is 48.7 Å². The second kappa shape index (κ2) is 5.98. The van der Waals surface area contributed by atoms with Crippen molar-refractivity contribution in [1.29, 1.82) is 0 Å². The van der Waals surface area contributed by atoms with E-state index in [0.29, 0.717) is 16.7 Å². The highest BCUT2D eigenvalue weighted by molar-refractivity contribution is 6.30. The van der Waals surface area contributed by atoms with Gasteiger partial charge in [-0.2, -0.15) is 5.10 Å². The third-order valence-corrected chi connectivity index (χ3v) is 4.94. The van der Waals surface area contributed by atoms with Crippen molar-refractivity contribution in [2.45, 2.75) is 25.7 Å². The van der Waals surface area contributed by atoms with E-state index in [0.717, 1.165) is 53.7 Å². The van der Waals surface area contributed by atoms with E-state index in [-0.39, 0.29) is 0 Å². The van der Waals surface area contributed by atoms with Crippen molar-refractivity contribution in [2.24, 2.45) is 0 Å². The van der Waals surface area contributed by atoms with Crippen LogP contribution < -0.4 is 9.47 Å². The molecule has 124 valence electrons. The van der Waals surface area contributed by atoms with Crippen LogP contribution in [0.15, 0.2) is 24.4 Å². The van der Waals surface area contributed by atoms with E-state index < -0.39 is 0 Å². The minimum absolute atomic E-state index is 0.679. The number of methoxy groups -OCH3 is 2. The van der Waals surface area contributed by atoms with Crippen LogP contribution in [0.1, 0.15) is 24.1 Å². The largest absolute Gasteiger partial charge is 0.493 e. The number of halogens is 1. The van der Waals surface area contributed by atoms with Gasteiger partial charge in [0.1, 0.15) is 5.15 Å². The Morgan fingerprint density at radius 1 is 1.08 bits per heavy atom. The Morgan fingerprint density at radius 3 is 2.67 bits per heavy atom. The lowest BCUT2D eigenvalue weighted by Gasteiger charge is -2.16. The summed E-state index contributed by atoms with van der Waals surface area (Å²) in [6.45, 7) is 0. The van der Waals surface area contributed by atoms with Gasteiger partial charge in [-0.15, -0.1) is 0 Å². The van der Waals surface area contributed by atoms with Gasteiger partial charge in [0.15, 0.2) is 17.1 Å². The van der Waals surface area contributed by atoms with Crippen LogP contribution in [-0.4, -0.2) is 28.8 Å². The third kappa shape index (κ3) is 2.31. The SMILES string of the molecule is COc1ccc(-c2cnn3c(Cl)c4c(nc23)CCCC4)cc1OC. The second-order valence-corrected chi connectivity index (χ2v) is 6.26. The maximum absolute atomic E-state index is 6.58. The van der Waals surface area contributed by atoms with E-state index in [2.05, 4.69) is 5.10 Å². The average molecular weight is 344 g/mol. The van der Waals surface area contributed by atoms with E-state index in [4.69, 9.17) is 26.1 Å². The number of hydrogen-bond donors (Lipinski definition) is 0. The molecule has 4 rings (SSSR count). The van der Waals surface area contributed by atoms with Gasteiger partial charge in [-0.1, -0.05) is 17.7 Å². The van der Waals surface area contributed by atoms with Crippen LogP contribution in [0.4, 0.5) is 0 Å². The highest BCUT2D eigenvalue weighted by Crippen LogP contribution is 2.35. The molecule has 2 aromatic heterocycles. The number of fused-ring (bicyclic) bond motifs is 2. The molecule has 0 unspecified atom stereocenters.